The summed E-state index contributed by atoms with van der Waals surface area (Å²) in [5.41, 5.74) is 1.16. The third kappa shape index (κ3) is 4.76. The highest BCUT2D eigenvalue weighted by atomic mass is 35.5. The van der Waals surface area contributed by atoms with E-state index in [-0.39, 0.29) is 16.6 Å². The largest absolute Gasteiger partial charge is 0.454 e. The van der Waals surface area contributed by atoms with E-state index in [1.165, 1.54) is 6.07 Å². The molecule has 0 aliphatic carbocycles. The molecule has 0 unspecified atom stereocenters. The first-order valence-electron chi connectivity index (χ1n) is 10.1. The van der Waals surface area contributed by atoms with Gasteiger partial charge in [-0.3, -0.25) is 10.1 Å². The van der Waals surface area contributed by atoms with Crippen LogP contribution in [0.2, 0.25) is 5.02 Å². The number of ether oxygens (including phenoxy) is 1. The summed E-state index contributed by atoms with van der Waals surface area (Å²) in [6, 6.07) is 20.6. The average molecular weight is 453 g/mol. The van der Waals surface area contributed by atoms with E-state index in [1.54, 1.807) is 47.4 Å². The van der Waals surface area contributed by atoms with Crippen molar-refractivity contribution in [2.45, 2.75) is 0 Å². The molecular weight excluding hydrogens is 432 g/mol. The van der Waals surface area contributed by atoms with Crippen molar-refractivity contribution in [3.63, 3.8) is 0 Å². The SMILES string of the molecule is O=C(Nc1ccccc1Oc1ccccc1Cl)N1CCN(c2ccccc2[N+](=O)[O-])CC1. The van der Waals surface area contributed by atoms with Crippen LogP contribution in [0.25, 0.3) is 0 Å². The molecule has 1 aliphatic rings. The zero-order valence-corrected chi connectivity index (χ0v) is 17.9. The fourth-order valence-electron chi connectivity index (χ4n) is 3.54. The Morgan fingerprint density at radius 1 is 0.906 bits per heavy atom. The van der Waals surface area contributed by atoms with E-state index >= 15 is 0 Å². The minimum Gasteiger partial charge on any atom is -0.454 e. The number of benzene rings is 3. The second-order valence-corrected chi connectivity index (χ2v) is 7.59. The topological polar surface area (TPSA) is 88.0 Å². The number of para-hydroxylation sites is 5. The number of nitro benzene ring substituents is 1. The van der Waals surface area contributed by atoms with Gasteiger partial charge in [0, 0.05) is 32.2 Å². The van der Waals surface area contributed by atoms with Crippen molar-refractivity contribution in [2.75, 3.05) is 36.4 Å². The molecule has 1 N–H and O–H groups in total. The van der Waals surface area contributed by atoms with Crippen LogP contribution in [0, 0.1) is 10.1 Å². The standard InChI is InChI=1S/C23H21ClN4O4/c24-17-7-1-5-11-21(17)32-22-12-6-2-8-18(22)25-23(29)27-15-13-26(14-16-27)19-9-3-4-10-20(19)28(30)31/h1-12H,13-16H2,(H,25,29). The molecule has 3 aromatic rings. The summed E-state index contributed by atoms with van der Waals surface area (Å²) in [7, 11) is 0. The molecule has 2 amide bonds. The summed E-state index contributed by atoms with van der Waals surface area (Å²) in [6.45, 7) is 1.86. The second kappa shape index (κ2) is 9.57. The monoisotopic (exact) mass is 452 g/mol. The van der Waals surface area contributed by atoms with E-state index in [9.17, 15) is 14.9 Å². The van der Waals surface area contributed by atoms with E-state index in [0.29, 0.717) is 54.1 Å². The zero-order valence-electron chi connectivity index (χ0n) is 17.1. The van der Waals surface area contributed by atoms with Crippen molar-refractivity contribution in [3.8, 4) is 11.5 Å². The van der Waals surface area contributed by atoms with Crippen LogP contribution in [0.5, 0.6) is 11.5 Å². The van der Waals surface area contributed by atoms with Crippen molar-refractivity contribution < 1.29 is 14.5 Å². The number of anilines is 2. The van der Waals surface area contributed by atoms with Crippen molar-refractivity contribution in [1.82, 2.24) is 4.90 Å². The van der Waals surface area contributed by atoms with Gasteiger partial charge in [-0.1, -0.05) is 48.0 Å². The van der Waals surface area contributed by atoms with Gasteiger partial charge < -0.3 is 19.9 Å². The molecule has 0 aromatic heterocycles. The molecule has 1 saturated heterocycles. The number of piperazine rings is 1. The van der Waals surface area contributed by atoms with Gasteiger partial charge in [-0.25, -0.2) is 4.79 Å². The zero-order chi connectivity index (χ0) is 22.5. The molecular formula is C23H21ClN4O4. The first kappa shape index (κ1) is 21.5. The molecule has 0 saturated carbocycles. The maximum atomic E-state index is 12.9. The van der Waals surface area contributed by atoms with E-state index < -0.39 is 0 Å². The molecule has 1 fully saturated rings. The Kier molecular flexibility index (Phi) is 6.42. The fraction of sp³-hybridized carbons (Fsp3) is 0.174. The first-order valence-corrected chi connectivity index (χ1v) is 10.5. The first-order chi connectivity index (χ1) is 15.5. The summed E-state index contributed by atoms with van der Waals surface area (Å²) in [6.07, 6.45) is 0. The summed E-state index contributed by atoms with van der Waals surface area (Å²) in [4.78, 5) is 27.4. The molecule has 0 radical (unpaired) electrons. The lowest BCUT2D eigenvalue weighted by Crippen LogP contribution is -2.50. The minimum absolute atomic E-state index is 0.0658. The van der Waals surface area contributed by atoms with Crippen LogP contribution in [0.15, 0.2) is 72.8 Å². The van der Waals surface area contributed by atoms with Crippen LogP contribution < -0.4 is 15.0 Å². The number of nitrogens with zero attached hydrogens (tertiary/aromatic N) is 3. The van der Waals surface area contributed by atoms with Gasteiger partial charge in [-0.2, -0.15) is 0 Å². The van der Waals surface area contributed by atoms with Gasteiger partial charge in [0.05, 0.1) is 15.6 Å². The molecule has 9 heteroatoms. The third-order valence-electron chi connectivity index (χ3n) is 5.17. The maximum Gasteiger partial charge on any atom is 0.322 e. The Bertz CT molecular complexity index is 1130. The molecule has 164 valence electrons. The molecule has 3 aromatic carbocycles. The number of nitro groups is 1. The van der Waals surface area contributed by atoms with Gasteiger partial charge in [-0.15, -0.1) is 0 Å². The summed E-state index contributed by atoms with van der Waals surface area (Å²) < 4.78 is 5.90. The number of hydrogen-bond donors (Lipinski definition) is 1. The van der Waals surface area contributed by atoms with Crippen LogP contribution in [-0.4, -0.2) is 42.0 Å². The lowest BCUT2D eigenvalue weighted by atomic mass is 10.2. The number of carbonyl (C=O) groups excluding carboxylic acids is 1. The molecule has 4 rings (SSSR count). The lowest BCUT2D eigenvalue weighted by Gasteiger charge is -2.35. The van der Waals surface area contributed by atoms with Crippen molar-refractivity contribution >= 4 is 34.7 Å². The third-order valence-corrected chi connectivity index (χ3v) is 5.48. The minimum atomic E-state index is -0.385. The summed E-state index contributed by atoms with van der Waals surface area (Å²) in [5.74, 6) is 0.974. The van der Waals surface area contributed by atoms with E-state index in [0.717, 1.165) is 0 Å². The molecule has 0 bridgehead atoms. The highest BCUT2D eigenvalue weighted by molar-refractivity contribution is 6.32. The Morgan fingerprint density at radius 2 is 1.53 bits per heavy atom. The summed E-state index contributed by atoms with van der Waals surface area (Å²) >= 11 is 6.18. The van der Waals surface area contributed by atoms with Crippen LogP contribution in [-0.2, 0) is 0 Å². The smallest absolute Gasteiger partial charge is 0.322 e. The highest BCUT2D eigenvalue weighted by Gasteiger charge is 2.26. The molecule has 32 heavy (non-hydrogen) atoms. The van der Waals surface area contributed by atoms with Gasteiger partial charge in [0.25, 0.3) is 5.69 Å². The fourth-order valence-corrected chi connectivity index (χ4v) is 3.71. The van der Waals surface area contributed by atoms with Gasteiger partial charge in [0.1, 0.15) is 11.4 Å². The quantitative estimate of drug-likeness (QED) is 0.414. The Morgan fingerprint density at radius 3 is 2.25 bits per heavy atom. The van der Waals surface area contributed by atoms with E-state index in [4.69, 9.17) is 16.3 Å². The lowest BCUT2D eigenvalue weighted by molar-refractivity contribution is -0.384. The molecule has 8 nitrogen and oxygen atoms in total. The predicted octanol–water partition coefficient (Wildman–Crippen LogP) is 5.39. The number of halogens is 1. The Hall–Kier alpha value is -3.78. The molecule has 0 spiro atoms. The Labute approximate surface area is 190 Å². The van der Waals surface area contributed by atoms with Crippen LogP contribution in [0.1, 0.15) is 0 Å². The Balaban J connectivity index is 1.41. The number of rotatable bonds is 5. The van der Waals surface area contributed by atoms with E-state index in [2.05, 4.69) is 5.32 Å². The average Bonchev–Trinajstić information content (AvgIpc) is 2.82. The number of nitrogens with one attached hydrogen (secondary N) is 1. The number of carbonyl (C=O) groups is 1. The molecule has 1 heterocycles. The van der Waals surface area contributed by atoms with E-state index in [1.807, 2.05) is 29.2 Å². The maximum absolute atomic E-state index is 12.9. The second-order valence-electron chi connectivity index (χ2n) is 7.18. The van der Waals surface area contributed by atoms with Gasteiger partial charge >= 0.3 is 6.03 Å². The van der Waals surface area contributed by atoms with Crippen molar-refractivity contribution in [3.05, 3.63) is 87.9 Å². The van der Waals surface area contributed by atoms with Gasteiger partial charge in [0.2, 0.25) is 0 Å². The summed E-state index contributed by atoms with van der Waals surface area (Å²) in [5, 5.41) is 14.7. The van der Waals surface area contributed by atoms with Crippen LogP contribution in [0.3, 0.4) is 0 Å². The van der Waals surface area contributed by atoms with Gasteiger partial charge in [-0.05, 0) is 30.3 Å². The van der Waals surface area contributed by atoms with Crippen molar-refractivity contribution in [1.29, 1.82) is 0 Å². The normalized spacial score (nSPS) is 13.5. The predicted molar refractivity (Wildman–Crippen MR) is 124 cm³/mol. The van der Waals surface area contributed by atoms with Gasteiger partial charge in [0.15, 0.2) is 5.75 Å². The van der Waals surface area contributed by atoms with Crippen LogP contribution in [0.4, 0.5) is 21.9 Å². The van der Waals surface area contributed by atoms with Crippen LogP contribution >= 0.6 is 11.6 Å². The highest BCUT2D eigenvalue weighted by Crippen LogP contribution is 2.34. The number of amides is 2. The molecule has 1 aliphatic heterocycles. The number of hydrogen-bond acceptors (Lipinski definition) is 5. The number of urea groups is 1. The molecule has 0 atom stereocenters. The van der Waals surface area contributed by atoms with Crippen molar-refractivity contribution in [2.24, 2.45) is 0 Å².